The van der Waals surface area contributed by atoms with E-state index in [-0.39, 0.29) is 40.5 Å². The second kappa shape index (κ2) is 8.63. The maximum Gasteiger partial charge on any atom is 0.348 e. The summed E-state index contributed by atoms with van der Waals surface area (Å²) in [6, 6.07) is 4.25. The smallest absolute Gasteiger partial charge is 0.348 e. The van der Waals surface area contributed by atoms with E-state index in [1.807, 2.05) is 6.92 Å². The zero-order valence-corrected chi connectivity index (χ0v) is 19.7. The largest absolute Gasteiger partial charge is 0.507 e. The quantitative estimate of drug-likeness (QED) is 0.583. The van der Waals surface area contributed by atoms with Crippen LogP contribution in [0, 0.1) is 5.82 Å². The predicted octanol–water partition coefficient (Wildman–Crippen LogP) is 2.59. The summed E-state index contributed by atoms with van der Waals surface area (Å²) < 4.78 is 30.8. The number of hydrogen-bond donors (Lipinski definition) is 2. The molecule has 0 amide bonds. The fraction of sp³-hybridized carbons (Fsp3) is 0.458. The number of anilines is 1. The van der Waals surface area contributed by atoms with E-state index < -0.39 is 23.2 Å². The zero-order valence-electron chi connectivity index (χ0n) is 19.7. The Bertz CT molecular complexity index is 1320. The standard InChI is InChI=1S/C24H27F2N7O2/c1-24-8-4-5-14(29-24)10-17(21(24)26)33(3)19-11-27-22(31-30-19)15-7-6-13(9-18(15)34)20-16(25)12-32(2)23(35)28-20/h6-7,9,11-12,14,17,21,29,34H,4-5,8,10H2,1-3H3/t14-,17+,21+,24-/m0/s1. The van der Waals surface area contributed by atoms with Crippen molar-refractivity contribution in [3.8, 4) is 28.4 Å². The number of rotatable bonds is 4. The van der Waals surface area contributed by atoms with Crippen LogP contribution in [0.2, 0.25) is 0 Å². The van der Waals surface area contributed by atoms with Gasteiger partial charge < -0.3 is 15.3 Å². The maximum absolute atomic E-state index is 15.4. The van der Waals surface area contributed by atoms with Gasteiger partial charge in [-0.1, -0.05) is 6.07 Å². The van der Waals surface area contributed by atoms with E-state index in [2.05, 4.69) is 25.5 Å². The number of benzene rings is 1. The molecule has 11 heteroatoms. The number of nitrogens with one attached hydrogen (secondary N) is 1. The Hall–Kier alpha value is -3.47. The van der Waals surface area contributed by atoms with Crippen LogP contribution in [0.4, 0.5) is 14.6 Å². The first-order valence-corrected chi connectivity index (χ1v) is 11.6. The Kier molecular flexibility index (Phi) is 5.74. The molecule has 2 N–H and O–H groups in total. The summed E-state index contributed by atoms with van der Waals surface area (Å²) in [6.45, 7) is 1.94. The van der Waals surface area contributed by atoms with Gasteiger partial charge in [0.1, 0.15) is 17.6 Å². The Morgan fingerprint density at radius 1 is 1.31 bits per heavy atom. The summed E-state index contributed by atoms with van der Waals surface area (Å²) in [6.07, 6.45) is 5.00. The van der Waals surface area contributed by atoms with Crippen molar-refractivity contribution in [1.29, 1.82) is 0 Å². The maximum atomic E-state index is 15.4. The third-order valence-electron chi connectivity index (χ3n) is 7.22. The number of hydrogen-bond acceptors (Lipinski definition) is 8. The topological polar surface area (TPSA) is 109 Å². The highest BCUT2D eigenvalue weighted by atomic mass is 19.1. The molecule has 4 heterocycles. The van der Waals surface area contributed by atoms with Crippen LogP contribution in [0.25, 0.3) is 22.6 Å². The number of alkyl halides is 1. The van der Waals surface area contributed by atoms with Gasteiger partial charge in [-0.05, 0) is 44.7 Å². The Labute approximate surface area is 200 Å². The van der Waals surface area contributed by atoms with Crippen LogP contribution in [0.5, 0.6) is 5.75 Å². The summed E-state index contributed by atoms with van der Waals surface area (Å²) in [4.78, 5) is 21.6. The van der Waals surface area contributed by atoms with E-state index in [1.54, 1.807) is 11.9 Å². The number of halogens is 2. The van der Waals surface area contributed by atoms with Crippen molar-refractivity contribution in [3.63, 3.8) is 0 Å². The molecule has 0 unspecified atom stereocenters. The molecule has 2 fully saturated rings. The van der Waals surface area contributed by atoms with Crippen molar-refractivity contribution < 1.29 is 13.9 Å². The first-order chi connectivity index (χ1) is 16.7. The fourth-order valence-electron chi connectivity index (χ4n) is 5.22. The van der Waals surface area contributed by atoms with Gasteiger partial charge in [0.25, 0.3) is 0 Å². The van der Waals surface area contributed by atoms with Gasteiger partial charge in [0.05, 0.1) is 17.8 Å². The minimum absolute atomic E-state index is 0.160. The van der Waals surface area contributed by atoms with Crippen LogP contribution in [0.1, 0.15) is 32.6 Å². The fourth-order valence-corrected chi connectivity index (χ4v) is 5.22. The molecular weight excluding hydrogens is 456 g/mol. The number of phenolic OH excluding ortho intramolecular Hbond substituents is 1. The number of phenols is 1. The molecule has 9 nitrogen and oxygen atoms in total. The summed E-state index contributed by atoms with van der Waals surface area (Å²) in [5.74, 6) is -0.302. The van der Waals surface area contributed by atoms with E-state index in [1.165, 1.54) is 31.4 Å². The molecule has 0 aliphatic carbocycles. The van der Waals surface area contributed by atoms with Gasteiger partial charge >= 0.3 is 5.69 Å². The Morgan fingerprint density at radius 2 is 2.11 bits per heavy atom. The van der Waals surface area contributed by atoms with Crippen molar-refractivity contribution in [2.24, 2.45) is 7.05 Å². The number of aryl methyl sites for hydroxylation is 1. The van der Waals surface area contributed by atoms with E-state index in [4.69, 9.17) is 0 Å². The van der Waals surface area contributed by atoms with Gasteiger partial charge in [-0.25, -0.2) is 18.6 Å². The van der Waals surface area contributed by atoms with Crippen LogP contribution in [0.3, 0.4) is 0 Å². The molecule has 5 rings (SSSR count). The third-order valence-corrected chi connectivity index (χ3v) is 7.22. The van der Waals surface area contributed by atoms with Gasteiger partial charge in [0.15, 0.2) is 17.5 Å². The van der Waals surface area contributed by atoms with Crippen molar-refractivity contribution >= 4 is 5.82 Å². The summed E-state index contributed by atoms with van der Waals surface area (Å²) in [7, 11) is 3.20. The van der Waals surface area contributed by atoms with Crippen molar-refractivity contribution in [3.05, 3.63) is 46.9 Å². The molecule has 0 spiro atoms. The average Bonchev–Trinajstić information content (AvgIpc) is 2.83. The number of aromatic nitrogens is 5. The Balaban J connectivity index is 1.38. The van der Waals surface area contributed by atoms with Crippen LogP contribution in [-0.2, 0) is 7.05 Å². The minimum Gasteiger partial charge on any atom is -0.507 e. The molecule has 2 saturated heterocycles. The third kappa shape index (κ3) is 4.13. The van der Waals surface area contributed by atoms with Crippen LogP contribution in [0.15, 0.2) is 35.4 Å². The van der Waals surface area contributed by atoms with Gasteiger partial charge in [-0.2, -0.15) is 4.98 Å². The lowest BCUT2D eigenvalue weighted by molar-refractivity contribution is 0.0405. The van der Waals surface area contributed by atoms with Gasteiger partial charge in [0.2, 0.25) is 0 Å². The van der Waals surface area contributed by atoms with Crippen LogP contribution in [-0.4, -0.2) is 60.7 Å². The lowest BCUT2D eigenvalue weighted by atomic mass is 9.73. The zero-order chi connectivity index (χ0) is 24.9. The molecule has 2 aliphatic rings. The molecule has 0 saturated carbocycles. The second-order valence-electron chi connectivity index (χ2n) is 9.67. The molecule has 3 aromatic rings. The minimum atomic E-state index is -1.06. The average molecular weight is 484 g/mol. The highest BCUT2D eigenvalue weighted by Gasteiger charge is 2.49. The number of aromatic hydroxyl groups is 1. The number of fused-ring (bicyclic) bond motifs is 2. The molecule has 184 valence electrons. The van der Waals surface area contributed by atoms with Gasteiger partial charge in [0, 0.05) is 37.4 Å². The highest BCUT2D eigenvalue weighted by molar-refractivity contribution is 5.71. The number of nitrogens with zero attached hydrogens (tertiary/aromatic N) is 6. The highest BCUT2D eigenvalue weighted by Crippen LogP contribution is 2.38. The summed E-state index contributed by atoms with van der Waals surface area (Å²) in [5, 5.41) is 22.4. The monoisotopic (exact) mass is 483 g/mol. The predicted molar refractivity (Wildman–Crippen MR) is 126 cm³/mol. The van der Waals surface area contributed by atoms with Crippen LogP contribution >= 0.6 is 0 Å². The van der Waals surface area contributed by atoms with E-state index >= 15 is 4.39 Å². The van der Waals surface area contributed by atoms with E-state index in [0.29, 0.717) is 12.2 Å². The van der Waals surface area contributed by atoms with Crippen LogP contribution < -0.4 is 15.9 Å². The van der Waals surface area contributed by atoms with Crippen molar-refractivity contribution in [2.45, 2.75) is 56.4 Å². The molecule has 1 aromatic carbocycles. The molecule has 2 bridgehead atoms. The van der Waals surface area contributed by atoms with E-state index in [9.17, 15) is 14.3 Å². The molecule has 0 radical (unpaired) electrons. The normalized spacial score (nSPS) is 25.9. The SMILES string of the molecule is CN(c1cnc(-c2ccc(-c3nc(=O)n(C)cc3F)cc2O)nn1)[C@@H]1C[C@@H]2CCC[C@](C)(N2)[C@@H]1F. The molecule has 35 heavy (non-hydrogen) atoms. The van der Waals surface area contributed by atoms with Crippen molar-refractivity contribution in [2.75, 3.05) is 11.9 Å². The molecule has 2 aliphatic heterocycles. The molecule has 4 atom stereocenters. The summed E-state index contributed by atoms with van der Waals surface area (Å²) >= 11 is 0. The number of piperidine rings is 2. The molecule has 2 aromatic heterocycles. The lowest BCUT2D eigenvalue weighted by Gasteiger charge is -2.52. The van der Waals surface area contributed by atoms with E-state index in [0.717, 1.165) is 30.0 Å². The first-order valence-electron chi connectivity index (χ1n) is 11.6. The summed E-state index contributed by atoms with van der Waals surface area (Å²) in [5.41, 5.74) is -0.797. The van der Waals surface area contributed by atoms with Gasteiger partial charge in [-0.3, -0.25) is 4.57 Å². The Morgan fingerprint density at radius 3 is 2.83 bits per heavy atom. The van der Waals surface area contributed by atoms with Crippen molar-refractivity contribution in [1.82, 2.24) is 30.0 Å². The molecular formula is C24H27F2N7O2. The first kappa shape index (κ1) is 23.3. The van der Waals surface area contributed by atoms with Gasteiger partial charge in [-0.15, -0.1) is 10.2 Å². The lowest BCUT2D eigenvalue weighted by Crippen LogP contribution is -2.68. The second-order valence-corrected chi connectivity index (χ2v) is 9.67.